The van der Waals surface area contributed by atoms with E-state index >= 15 is 0 Å². The van der Waals surface area contributed by atoms with Gasteiger partial charge in [-0.2, -0.15) is 0 Å². The Morgan fingerprint density at radius 1 is 1.12 bits per heavy atom. The minimum absolute atomic E-state index is 0.269. The highest BCUT2D eigenvalue weighted by Gasteiger charge is 2.12. The van der Waals surface area contributed by atoms with E-state index < -0.39 is 0 Å². The van der Waals surface area contributed by atoms with Crippen molar-refractivity contribution in [2.75, 3.05) is 26.1 Å². The predicted octanol–water partition coefficient (Wildman–Crippen LogP) is 3.99. The van der Waals surface area contributed by atoms with E-state index in [2.05, 4.69) is 15.6 Å². The molecule has 0 atom stereocenters. The van der Waals surface area contributed by atoms with Gasteiger partial charge in [0.2, 0.25) is 0 Å². The Morgan fingerprint density at radius 3 is 2.58 bits per heavy atom. The van der Waals surface area contributed by atoms with Crippen LogP contribution in [0.1, 0.15) is 11.1 Å². The summed E-state index contributed by atoms with van der Waals surface area (Å²) in [5.41, 5.74) is 3.00. The molecule has 3 aromatic rings. The molecule has 7 heteroatoms. The number of rotatable bonds is 6. The van der Waals surface area contributed by atoms with E-state index in [-0.39, 0.29) is 6.03 Å². The van der Waals surface area contributed by atoms with Crippen LogP contribution in [-0.2, 0) is 6.42 Å². The van der Waals surface area contributed by atoms with Gasteiger partial charge in [-0.05, 0) is 42.7 Å². The Labute approximate surface area is 156 Å². The van der Waals surface area contributed by atoms with Crippen LogP contribution in [0.2, 0.25) is 0 Å². The number of fused-ring (bicyclic) bond motifs is 1. The summed E-state index contributed by atoms with van der Waals surface area (Å²) in [4.78, 5) is 16.6. The smallest absolute Gasteiger partial charge is 0.321 e. The van der Waals surface area contributed by atoms with Crippen LogP contribution in [0.15, 0.2) is 36.4 Å². The van der Waals surface area contributed by atoms with Crippen molar-refractivity contribution in [1.82, 2.24) is 10.3 Å². The number of nitrogens with one attached hydrogen (secondary N) is 2. The van der Waals surface area contributed by atoms with Crippen LogP contribution in [0, 0.1) is 6.92 Å². The van der Waals surface area contributed by atoms with E-state index in [0.717, 1.165) is 33.5 Å². The van der Waals surface area contributed by atoms with Crippen molar-refractivity contribution in [1.29, 1.82) is 0 Å². The van der Waals surface area contributed by atoms with Crippen molar-refractivity contribution in [3.8, 4) is 11.5 Å². The fourth-order valence-corrected chi connectivity index (χ4v) is 3.53. The number of thiazole rings is 1. The molecule has 3 rings (SSSR count). The van der Waals surface area contributed by atoms with Crippen molar-refractivity contribution >= 4 is 32.7 Å². The van der Waals surface area contributed by atoms with Gasteiger partial charge in [0.1, 0.15) is 17.0 Å². The number of hydrogen-bond acceptors (Lipinski definition) is 5. The van der Waals surface area contributed by atoms with Crippen molar-refractivity contribution in [3.05, 3.63) is 47.5 Å². The van der Waals surface area contributed by atoms with Gasteiger partial charge in [0.15, 0.2) is 5.13 Å². The highest BCUT2D eigenvalue weighted by molar-refractivity contribution is 7.22. The number of methoxy groups -OCH3 is 2. The number of amides is 2. The largest absolute Gasteiger partial charge is 0.497 e. The lowest BCUT2D eigenvalue weighted by atomic mass is 10.1. The lowest BCUT2D eigenvalue weighted by Crippen LogP contribution is -2.30. The summed E-state index contributed by atoms with van der Waals surface area (Å²) in [6, 6.07) is 11.4. The van der Waals surface area contributed by atoms with E-state index in [1.165, 1.54) is 11.3 Å². The van der Waals surface area contributed by atoms with E-state index in [1.807, 2.05) is 43.3 Å². The normalized spacial score (nSPS) is 10.6. The van der Waals surface area contributed by atoms with Crippen LogP contribution < -0.4 is 20.1 Å². The third-order valence-electron chi connectivity index (χ3n) is 4.00. The zero-order chi connectivity index (χ0) is 18.5. The quantitative estimate of drug-likeness (QED) is 0.687. The summed E-state index contributed by atoms with van der Waals surface area (Å²) in [6.45, 7) is 2.55. The molecule has 0 saturated carbocycles. The molecule has 2 aromatic carbocycles. The molecule has 0 aliphatic carbocycles. The van der Waals surface area contributed by atoms with Gasteiger partial charge in [-0.25, -0.2) is 9.78 Å². The van der Waals surface area contributed by atoms with Gasteiger partial charge in [-0.3, -0.25) is 5.32 Å². The number of urea groups is 1. The maximum absolute atomic E-state index is 12.1. The second-order valence-electron chi connectivity index (χ2n) is 5.76. The summed E-state index contributed by atoms with van der Waals surface area (Å²) in [5.74, 6) is 1.52. The van der Waals surface area contributed by atoms with Gasteiger partial charge in [-0.1, -0.05) is 29.5 Å². The predicted molar refractivity (Wildman–Crippen MR) is 105 cm³/mol. The third kappa shape index (κ3) is 4.05. The van der Waals surface area contributed by atoms with E-state index in [9.17, 15) is 4.79 Å². The van der Waals surface area contributed by atoms with Crippen molar-refractivity contribution in [2.24, 2.45) is 0 Å². The zero-order valence-corrected chi connectivity index (χ0v) is 15.8. The molecule has 136 valence electrons. The second kappa shape index (κ2) is 8.05. The first kappa shape index (κ1) is 18.0. The Balaban J connectivity index is 1.57. The molecule has 6 nitrogen and oxygen atoms in total. The fraction of sp³-hybridized carbons (Fsp3) is 0.263. The van der Waals surface area contributed by atoms with E-state index in [4.69, 9.17) is 9.47 Å². The fourth-order valence-electron chi connectivity index (χ4n) is 2.58. The molecule has 0 bridgehead atoms. The maximum atomic E-state index is 12.1. The zero-order valence-electron chi connectivity index (χ0n) is 15.0. The molecule has 1 aromatic heterocycles. The molecule has 0 aliphatic rings. The Hall–Kier alpha value is -2.80. The maximum Gasteiger partial charge on any atom is 0.321 e. The Bertz CT molecular complexity index is 906. The molecule has 0 aliphatic heterocycles. The van der Waals surface area contributed by atoms with Crippen molar-refractivity contribution in [3.63, 3.8) is 0 Å². The average Bonchev–Trinajstić information content (AvgIpc) is 3.07. The first-order chi connectivity index (χ1) is 12.6. The van der Waals surface area contributed by atoms with Crippen molar-refractivity contribution < 1.29 is 14.3 Å². The van der Waals surface area contributed by atoms with E-state index in [1.54, 1.807) is 14.2 Å². The number of aryl methyl sites for hydroxylation is 1. The Kier molecular flexibility index (Phi) is 5.58. The monoisotopic (exact) mass is 371 g/mol. The Morgan fingerprint density at radius 2 is 1.88 bits per heavy atom. The number of hydrogen-bond donors (Lipinski definition) is 2. The van der Waals surface area contributed by atoms with Gasteiger partial charge < -0.3 is 14.8 Å². The summed E-state index contributed by atoms with van der Waals surface area (Å²) < 4.78 is 11.5. The molecule has 0 saturated heterocycles. The third-order valence-corrected chi connectivity index (χ3v) is 5.11. The van der Waals surface area contributed by atoms with Crippen LogP contribution in [-0.4, -0.2) is 31.8 Å². The molecular formula is C19H21N3O3S. The topological polar surface area (TPSA) is 72.5 Å². The van der Waals surface area contributed by atoms with Crippen LogP contribution >= 0.6 is 11.3 Å². The molecule has 26 heavy (non-hydrogen) atoms. The summed E-state index contributed by atoms with van der Waals surface area (Å²) in [6.07, 6.45) is 0.740. The van der Waals surface area contributed by atoms with Gasteiger partial charge in [-0.15, -0.1) is 0 Å². The van der Waals surface area contributed by atoms with Gasteiger partial charge in [0, 0.05) is 6.54 Å². The lowest BCUT2D eigenvalue weighted by molar-refractivity contribution is 0.252. The number of aromatic nitrogens is 1. The SMILES string of the molecule is COc1ccc(CCNC(=O)Nc2nc3c(OC)ccc(C)c3s2)cc1. The molecule has 2 N–H and O–H groups in total. The van der Waals surface area contributed by atoms with Crippen molar-refractivity contribution in [2.45, 2.75) is 13.3 Å². The molecule has 2 amide bonds. The first-order valence-electron chi connectivity index (χ1n) is 8.22. The molecule has 0 radical (unpaired) electrons. The minimum Gasteiger partial charge on any atom is -0.497 e. The standard InChI is InChI=1S/C19H21N3O3S/c1-12-4-9-15(25-3)16-17(12)26-19(21-16)22-18(23)20-11-10-13-5-7-14(24-2)8-6-13/h4-9H,10-11H2,1-3H3,(H2,20,21,22,23). The number of nitrogens with zero attached hydrogens (tertiary/aromatic N) is 1. The van der Waals surface area contributed by atoms with Gasteiger partial charge in [0.25, 0.3) is 0 Å². The molecule has 1 heterocycles. The number of ether oxygens (including phenoxy) is 2. The van der Waals surface area contributed by atoms with Crippen LogP contribution in [0.4, 0.5) is 9.93 Å². The number of carbonyl (C=O) groups excluding carboxylic acids is 1. The molecule has 0 unspecified atom stereocenters. The lowest BCUT2D eigenvalue weighted by Gasteiger charge is -2.06. The van der Waals surface area contributed by atoms with Crippen LogP contribution in [0.25, 0.3) is 10.2 Å². The summed E-state index contributed by atoms with van der Waals surface area (Å²) in [7, 11) is 3.25. The minimum atomic E-state index is -0.269. The molecule has 0 spiro atoms. The number of benzene rings is 2. The number of carbonyl (C=O) groups is 1. The number of anilines is 1. The highest BCUT2D eigenvalue weighted by atomic mass is 32.1. The molecular weight excluding hydrogens is 350 g/mol. The van der Waals surface area contributed by atoms with Crippen LogP contribution in [0.3, 0.4) is 0 Å². The summed E-state index contributed by atoms with van der Waals surface area (Å²) in [5, 5.41) is 6.20. The average molecular weight is 371 g/mol. The van der Waals surface area contributed by atoms with Crippen LogP contribution in [0.5, 0.6) is 11.5 Å². The van der Waals surface area contributed by atoms with Gasteiger partial charge >= 0.3 is 6.03 Å². The highest BCUT2D eigenvalue weighted by Crippen LogP contribution is 2.34. The molecule has 0 fully saturated rings. The second-order valence-corrected chi connectivity index (χ2v) is 6.76. The van der Waals surface area contributed by atoms with Gasteiger partial charge in [0.05, 0.1) is 18.9 Å². The summed E-state index contributed by atoms with van der Waals surface area (Å²) >= 11 is 1.44. The first-order valence-corrected chi connectivity index (χ1v) is 9.04. The van der Waals surface area contributed by atoms with E-state index in [0.29, 0.717) is 17.4 Å².